The fourth-order valence-electron chi connectivity index (χ4n) is 3.27. The Morgan fingerprint density at radius 2 is 1.62 bits per heavy atom. The summed E-state index contributed by atoms with van der Waals surface area (Å²) in [5.74, 6) is 2.78. The maximum absolute atomic E-state index is 9.75. The lowest BCUT2D eigenvalue weighted by Crippen LogP contribution is -2.05. The average Bonchev–Trinajstić information content (AvgIpc) is 2.71. The van der Waals surface area contributed by atoms with E-state index in [0.29, 0.717) is 0 Å². The van der Waals surface area contributed by atoms with Crippen LogP contribution in [0.1, 0.15) is 11.1 Å². The van der Waals surface area contributed by atoms with Crippen molar-refractivity contribution in [2.45, 2.75) is 17.7 Å². The fraction of sp³-hybridized carbons (Fsp3) is 0.190. The molecule has 152 valence electrons. The van der Waals surface area contributed by atoms with Crippen molar-refractivity contribution in [2.75, 3.05) is 13.4 Å². The first-order chi connectivity index (χ1) is 13.8. The number of fused-ring (bicyclic) bond motifs is 3. The molecule has 3 aromatic rings. The summed E-state index contributed by atoms with van der Waals surface area (Å²) < 4.78 is 50.6. The van der Waals surface area contributed by atoms with Gasteiger partial charge in [-0.1, -0.05) is 18.2 Å². The molecule has 0 aliphatic heterocycles. The summed E-state index contributed by atoms with van der Waals surface area (Å²) in [6, 6.07) is 18.7. The fourth-order valence-corrected chi connectivity index (χ4v) is 3.94. The number of halogens is 4. The molecular formula is C21H19BF4O2S. The van der Waals surface area contributed by atoms with Crippen LogP contribution in [0.3, 0.4) is 0 Å². The highest BCUT2D eigenvalue weighted by atomic mass is 32.2. The van der Waals surface area contributed by atoms with Gasteiger partial charge in [-0.2, -0.15) is 0 Å². The van der Waals surface area contributed by atoms with Crippen LogP contribution in [0.5, 0.6) is 5.75 Å². The lowest BCUT2D eigenvalue weighted by molar-refractivity contribution is 0.368. The molecule has 1 aliphatic rings. The molecule has 0 spiro atoms. The van der Waals surface area contributed by atoms with Crippen molar-refractivity contribution in [3.63, 3.8) is 0 Å². The Hall–Kier alpha value is -2.48. The van der Waals surface area contributed by atoms with Gasteiger partial charge >= 0.3 is 18.8 Å². The average molecular weight is 422 g/mol. The van der Waals surface area contributed by atoms with Crippen molar-refractivity contribution < 1.29 is 26.4 Å². The van der Waals surface area contributed by atoms with E-state index in [9.17, 15) is 17.3 Å². The third-order valence-corrected chi connectivity index (χ3v) is 5.35. The molecule has 0 fully saturated rings. The Labute approximate surface area is 171 Å². The first-order valence-electron chi connectivity index (χ1n) is 8.94. The minimum Gasteiger partial charge on any atom is -0.497 e. The number of hydrogen-bond donors (Lipinski definition) is 0. The Kier molecular flexibility index (Phi) is 6.52. The first-order valence-corrected chi connectivity index (χ1v) is 10.2. The van der Waals surface area contributed by atoms with Crippen LogP contribution in [0.2, 0.25) is 0 Å². The first kappa shape index (κ1) is 21.2. The quantitative estimate of drug-likeness (QED) is 0.196. The molecule has 0 bridgehead atoms. The number of aryl methyl sites for hydroxylation is 1. The van der Waals surface area contributed by atoms with Gasteiger partial charge in [0.05, 0.1) is 29.9 Å². The number of ether oxygens (including phenoxy) is 1. The normalized spacial score (nSPS) is 12.3. The van der Waals surface area contributed by atoms with Gasteiger partial charge in [-0.25, -0.2) is 4.42 Å². The highest BCUT2D eigenvalue weighted by Gasteiger charge is 2.31. The smallest absolute Gasteiger partial charge is 0.497 e. The van der Waals surface area contributed by atoms with Gasteiger partial charge in [0.25, 0.3) is 0 Å². The van der Waals surface area contributed by atoms with Crippen LogP contribution in [0.15, 0.2) is 63.9 Å². The minimum absolute atomic E-state index is 0.854. The minimum atomic E-state index is -6.00. The topological polar surface area (TPSA) is 20.5 Å². The Morgan fingerprint density at radius 1 is 0.966 bits per heavy atom. The van der Waals surface area contributed by atoms with E-state index < -0.39 is 7.25 Å². The highest BCUT2D eigenvalue weighted by molar-refractivity contribution is 7.98. The van der Waals surface area contributed by atoms with E-state index in [1.165, 1.54) is 21.6 Å². The van der Waals surface area contributed by atoms with E-state index in [2.05, 4.69) is 36.6 Å². The van der Waals surface area contributed by atoms with Crippen LogP contribution in [-0.4, -0.2) is 20.6 Å². The molecule has 1 heterocycles. The molecule has 4 rings (SSSR count). The van der Waals surface area contributed by atoms with Gasteiger partial charge in [0.2, 0.25) is 0 Å². The van der Waals surface area contributed by atoms with E-state index in [-0.39, 0.29) is 0 Å². The van der Waals surface area contributed by atoms with Gasteiger partial charge in [0.15, 0.2) is 0 Å². The van der Waals surface area contributed by atoms with Crippen LogP contribution >= 0.6 is 11.8 Å². The molecule has 8 heteroatoms. The number of methoxy groups -OCH3 is 1. The summed E-state index contributed by atoms with van der Waals surface area (Å²) in [5, 5.41) is 0. The predicted molar refractivity (Wildman–Crippen MR) is 110 cm³/mol. The van der Waals surface area contributed by atoms with Crippen molar-refractivity contribution in [3.8, 4) is 28.4 Å². The van der Waals surface area contributed by atoms with Crippen LogP contribution < -0.4 is 4.74 Å². The van der Waals surface area contributed by atoms with E-state index >= 15 is 0 Å². The number of rotatable bonds is 3. The second-order valence-corrected chi connectivity index (χ2v) is 7.22. The maximum atomic E-state index is 9.75. The zero-order valence-electron chi connectivity index (χ0n) is 15.9. The summed E-state index contributed by atoms with van der Waals surface area (Å²) in [7, 11) is -4.32. The molecule has 0 unspecified atom stereocenters. The molecule has 0 N–H and O–H groups in total. The molecule has 1 aromatic heterocycles. The van der Waals surface area contributed by atoms with Crippen LogP contribution in [-0.2, 0) is 12.8 Å². The second kappa shape index (κ2) is 8.90. The van der Waals surface area contributed by atoms with Gasteiger partial charge in [0, 0.05) is 4.90 Å². The lowest BCUT2D eigenvalue weighted by Gasteiger charge is -2.15. The molecule has 0 saturated heterocycles. The monoisotopic (exact) mass is 422 g/mol. The van der Waals surface area contributed by atoms with Gasteiger partial charge in [-0.3, -0.25) is 0 Å². The van der Waals surface area contributed by atoms with Gasteiger partial charge in [0.1, 0.15) is 5.75 Å². The highest BCUT2D eigenvalue weighted by Crippen LogP contribution is 2.41. The van der Waals surface area contributed by atoms with E-state index in [4.69, 9.17) is 9.15 Å². The van der Waals surface area contributed by atoms with E-state index in [0.717, 1.165) is 35.7 Å². The SMILES string of the molecule is COc1ccc(-c2cc(SC)c3c([o+]2)-c2ccccc2CC3)cc1.F[B-](F)(F)F. The molecule has 29 heavy (non-hydrogen) atoms. The standard InChI is InChI=1S/C21H19O2S.BF4/c1-22-16-10-7-15(8-11-16)19-13-20(24-2)18-12-9-14-5-3-4-6-17(14)21(18)23-19;2-1(3,4)5/h3-8,10-11,13H,9,12H2,1-2H3;/q+1;-1. The number of hydrogen-bond acceptors (Lipinski definition) is 2. The summed E-state index contributed by atoms with van der Waals surface area (Å²) in [6.07, 6.45) is 4.25. The summed E-state index contributed by atoms with van der Waals surface area (Å²) >= 11 is 1.79. The van der Waals surface area contributed by atoms with Gasteiger partial charge < -0.3 is 22.0 Å². The zero-order valence-corrected chi connectivity index (χ0v) is 16.7. The van der Waals surface area contributed by atoms with Crippen molar-refractivity contribution in [2.24, 2.45) is 0 Å². The maximum Gasteiger partial charge on any atom is 0.673 e. The van der Waals surface area contributed by atoms with Crippen molar-refractivity contribution >= 4 is 19.0 Å². The third kappa shape index (κ3) is 5.32. The Bertz CT molecular complexity index is 985. The molecular weight excluding hydrogens is 403 g/mol. The number of thioether (sulfide) groups is 1. The Morgan fingerprint density at radius 3 is 2.24 bits per heavy atom. The van der Waals surface area contributed by atoms with E-state index in [1.54, 1.807) is 18.9 Å². The summed E-state index contributed by atoms with van der Waals surface area (Å²) in [6.45, 7) is 0. The van der Waals surface area contributed by atoms with Gasteiger partial charge in [-0.05, 0) is 55.0 Å². The van der Waals surface area contributed by atoms with Crippen molar-refractivity contribution in [1.82, 2.24) is 0 Å². The molecule has 0 saturated carbocycles. The Balaban J connectivity index is 0.000000431. The largest absolute Gasteiger partial charge is 0.673 e. The van der Waals surface area contributed by atoms with Crippen LogP contribution in [0.25, 0.3) is 22.6 Å². The molecule has 0 atom stereocenters. The number of benzene rings is 2. The van der Waals surface area contributed by atoms with Crippen LogP contribution in [0, 0.1) is 0 Å². The summed E-state index contributed by atoms with van der Waals surface area (Å²) in [4.78, 5) is 1.30. The van der Waals surface area contributed by atoms with Crippen molar-refractivity contribution in [1.29, 1.82) is 0 Å². The lowest BCUT2D eigenvalue weighted by atomic mass is 9.90. The molecule has 1 aliphatic carbocycles. The predicted octanol–water partition coefficient (Wildman–Crippen LogP) is 7.02. The molecule has 2 aromatic carbocycles. The summed E-state index contributed by atoms with van der Waals surface area (Å²) in [5.41, 5.74) is 4.99. The molecule has 2 nitrogen and oxygen atoms in total. The third-order valence-electron chi connectivity index (χ3n) is 4.55. The molecule has 0 amide bonds. The van der Waals surface area contributed by atoms with E-state index in [1.807, 2.05) is 24.3 Å². The van der Waals surface area contributed by atoms with Crippen molar-refractivity contribution in [3.05, 3.63) is 65.7 Å². The van der Waals surface area contributed by atoms with Crippen LogP contribution in [0.4, 0.5) is 17.3 Å². The zero-order chi connectivity index (χ0) is 21.0. The molecule has 0 radical (unpaired) electrons. The van der Waals surface area contributed by atoms with Gasteiger partial charge in [-0.15, -0.1) is 11.8 Å². The second-order valence-electron chi connectivity index (χ2n) is 6.37.